The number of sulfonamides is 1. The molecular weight excluding hydrogens is 411 g/mol. The fraction of sp³-hybridized carbons (Fsp3) is 0.190. The number of hydrogen-bond donors (Lipinski definition) is 1. The highest BCUT2D eigenvalue weighted by atomic mass is 32.2. The van der Waals surface area contributed by atoms with Gasteiger partial charge in [-0.1, -0.05) is 24.3 Å². The van der Waals surface area contributed by atoms with Gasteiger partial charge in [-0.15, -0.1) is 11.3 Å². The van der Waals surface area contributed by atoms with E-state index in [1.165, 1.54) is 28.6 Å². The summed E-state index contributed by atoms with van der Waals surface area (Å²) < 4.78 is 41.2. The Hall–Kier alpha value is -2.55. The minimum absolute atomic E-state index is 0.000791. The van der Waals surface area contributed by atoms with Crippen molar-refractivity contribution in [2.75, 3.05) is 11.9 Å². The SMILES string of the molecule is Cc1cc(F)ccc1NC(=O)c1sccc1S(=O)(=O)N1CCc2ccccc2C1. The van der Waals surface area contributed by atoms with Crippen LogP contribution in [0.2, 0.25) is 0 Å². The van der Waals surface area contributed by atoms with E-state index in [9.17, 15) is 17.6 Å². The second-order valence-corrected chi connectivity index (χ2v) is 9.71. The fourth-order valence-corrected chi connectivity index (χ4v) is 6.14. The predicted molar refractivity (Wildman–Crippen MR) is 111 cm³/mol. The number of amides is 1. The van der Waals surface area contributed by atoms with Gasteiger partial charge in [-0.2, -0.15) is 4.31 Å². The molecule has 0 fully saturated rings. The molecule has 0 unspecified atom stereocenters. The van der Waals surface area contributed by atoms with Crippen LogP contribution in [0.15, 0.2) is 58.8 Å². The van der Waals surface area contributed by atoms with E-state index in [0.717, 1.165) is 22.5 Å². The largest absolute Gasteiger partial charge is 0.321 e. The first-order valence-electron chi connectivity index (χ1n) is 9.08. The third-order valence-corrected chi connectivity index (χ3v) is 7.92. The van der Waals surface area contributed by atoms with Crippen LogP contribution >= 0.6 is 11.3 Å². The molecule has 0 bridgehead atoms. The molecule has 0 radical (unpaired) electrons. The second kappa shape index (κ2) is 7.70. The number of benzene rings is 2. The predicted octanol–water partition coefficient (Wildman–Crippen LogP) is 4.19. The molecule has 1 amide bonds. The lowest BCUT2D eigenvalue weighted by Gasteiger charge is -2.28. The third-order valence-electron chi connectivity index (χ3n) is 4.99. The van der Waals surface area contributed by atoms with Gasteiger partial charge in [0.1, 0.15) is 15.6 Å². The third kappa shape index (κ3) is 3.83. The molecule has 0 aliphatic carbocycles. The molecule has 2 aromatic carbocycles. The molecule has 0 atom stereocenters. The topological polar surface area (TPSA) is 66.5 Å². The van der Waals surface area contributed by atoms with Gasteiger partial charge in [0.15, 0.2) is 0 Å². The Bertz CT molecular complexity index is 1190. The van der Waals surface area contributed by atoms with E-state index in [4.69, 9.17) is 0 Å². The van der Waals surface area contributed by atoms with Crippen molar-refractivity contribution in [3.8, 4) is 0 Å². The van der Waals surface area contributed by atoms with Gasteiger partial charge in [0.2, 0.25) is 10.0 Å². The van der Waals surface area contributed by atoms with Gasteiger partial charge in [-0.05, 0) is 59.7 Å². The van der Waals surface area contributed by atoms with Crippen LogP contribution in [0.25, 0.3) is 0 Å². The van der Waals surface area contributed by atoms with Gasteiger partial charge in [0.25, 0.3) is 5.91 Å². The maximum atomic E-state index is 13.3. The van der Waals surface area contributed by atoms with Gasteiger partial charge in [-0.25, -0.2) is 12.8 Å². The molecular formula is C21H19FN2O3S2. The van der Waals surface area contributed by atoms with Crippen LogP contribution in [-0.2, 0) is 23.0 Å². The summed E-state index contributed by atoms with van der Waals surface area (Å²) in [6.45, 7) is 2.33. The smallest absolute Gasteiger partial charge is 0.267 e. The molecule has 4 rings (SSSR count). The molecule has 0 saturated heterocycles. The van der Waals surface area contributed by atoms with E-state index in [-0.39, 0.29) is 16.3 Å². The summed E-state index contributed by atoms with van der Waals surface area (Å²) in [6.07, 6.45) is 0.635. The molecule has 1 aromatic heterocycles. The summed E-state index contributed by atoms with van der Waals surface area (Å²) in [7, 11) is -3.82. The van der Waals surface area contributed by atoms with Gasteiger partial charge < -0.3 is 5.32 Å². The summed E-state index contributed by atoms with van der Waals surface area (Å²) in [6, 6.07) is 13.3. The zero-order valence-corrected chi connectivity index (χ0v) is 17.3. The van der Waals surface area contributed by atoms with Gasteiger partial charge in [0, 0.05) is 18.8 Å². The monoisotopic (exact) mass is 430 g/mol. The highest BCUT2D eigenvalue weighted by molar-refractivity contribution is 7.89. The molecule has 2 heterocycles. The van der Waals surface area contributed by atoms with Crippen molar-refractivity contribution in [2.24, 2.45) is 0 Å². The second-order valence-electron chi connectivity index (χ2n) is 6.88. The van der Waals surface area contributed by atoms with E-state index in [2.05, 4.69) is 5.32 Å². The highest BCUT2D eigenvalue weighted by Crippen LogP contribution is 2.30. The van der Waals surface area contributed by atoms with Crippen LogP contribution in [0.3, 0.4) is 0 Å². The number of halogens is 1. The number of fused-ring (bicyclic) bond motifs is 1. The van der Waals surface area contributed by atoms with Crippen molar-refractivity contribution in [2.45, 2.75) is 24.8 Å². The summed E-state index contributed by atoms with van der Waals surface area (Å²) in [5.41, 5.74) is 3.13. The molecule has 150 valence electrons. The normalized spacial score (nSPS) is 14.4. The number of carbonyl (C=O) groups excluding carboxylic acids is 1. The minimum Gasteiger partial charge on any atom is -0.321 e. The van der Waals surface area contributed by atoms with Crippen molar-refractivity contribution in [1.82, 2.24) is 4.31 Å². The Balaban J connectivity index is 1.60. The molecule has 0 spiro atoms. The van der Waals surface area contributed by atoms with Crippen molar-refractivity contribution >= 4 is 33.0 Å². The van der Waals surface area contributed by atoms with Gasteiger partial charge in [0.05, 0.1) is 0 Å². The lowest BCUT2D eigenvalue weighted by atomic mass is 10.0. The quantitative estimate of drug-likeness (QED) is 0.675. The first kappa shape index (κ1) is 19.8. The Morgan fingerprint density at radius 2 is 1.90 bits per heavy atom. The maximum Gasteiger partial charge on any atom is 0.267 e. The number of rotatable bonds is 4. The first-order valence-corrected chi connectivity index (χ1v) is 11.4. The Morgan fingerprint density at radius 3 is 2.66 bits per heavy atom. The van der Waals surface area contributed by atoms with Crippen LogP contribution < -0.4 is 5.32 Å². The zero-order valence-electron chi connectivity index (χ0n) is 15.7. The lowest BCUT2D eigenvalue weighted by molar-refractivity contribution is 0.102. The van der Waals surface area contributed by atoms with Crippen LogP contribution in [0.1, 0.15) is 26.4 Å². The Morgan fingerprint density at radius 1 is 1.14 bits per heavy atom. The molecule has 1 aliphatic rings. The van der Waals surface area contributed by atoms with Crippen LogP contribution in [0.5, 0.6) is 0 Å². The molecule has 1 N–H and O–H groups in total. The van der Waals surface area contributed by atoms with E-state index in [1.54, 1.807) is 12.3 Å². The van der Waals surface area contributed by atoms with E-state index in [0.29, 0.717) is 24.2 Å². The number of nitrogens with one attached hydrogen (secondary N) is 1. The number of aryl methyl sites for hydroxylation is 1. The standard InChI is InChI=1S/C21H19FN2O3S2/c1-14-12-17(22)6-7-18(14)23-21(25)20-19(9-11-28-20)29(26,27)24-10-8-15-4-2-3-5-16(15)13-24/h2-7,9,11-12H,8,10,13H2,1H3,(H,23,25). The maximum absolute atomic E-state index is 13.3. The summed E-state index contributed by atoms with van der Waals surface area (Å²) in [5.74, 6) is -0.920. The summed E-state index contributed by atoms with van der Waals surface area (Å²) >= 11 is 1.07. The Kier molecular flexibility index (Phi) is 5.24. The number of anilines is 1. The van der Waals surface area contributed by atoms with Crippen LogP contribution in [0, 0.1) is 12.7 Å². The number of thiophene rings is 1. The number of nitrogens with zero attached hydrogens (tertiary/aromatic N) is 1. The minimum atomic E-state index is -3.82. The molecule has 5 nitrogen and oxygen atoms in total. The van der Waals surface area contributed by atoms with Crippen LogP contribution in [-0.4, -0.2) is 25.2 Å². The van der Waals surface area contributed by atoms with Crippen molar-refractivity contribution in [1.29, 1.82) is 0 Å². The molecule has 0 saturated carbocycles. The van der Waals surface area contributed by atoms with Gasteiger partial charge >= 0.3 is 0 Å². The number of hydrogen-bond acceptors (Lipinski definition) is 4. The molecule has 29 heavy (non-hydrogen) atoms. The van der Waals surface area contributed by atoms with Crippen molar-refractivity contribution < 1.29 is 17.6 Å². The van der Waals surface area contributed by atoms with E-state index in [1.807, 2.05) is 24.3 Å². The van der Waals surface area contributed by atoms with E-state index < -0.39 is 21.7 Å². The van der Waals surface area contributed by atoms with Crippen molar-refractivity contribution in [3.63, 3.8) is 0 Å². The fourth-order valence-electron chi connectivity index (χ4n) is 3.43. The number of carbonyl (C=O) groups is 1. The summed E-state index contributed by atoms with van der Waals surface area (Å²) in [4.78, 5) is 12.9. The van der Waals surface area contributed by atoms with Crippen molar-refractivity contribution in [3.05, 3.63) is 81.3 Å². The summed E-state index contributed by atoms with van der Waals surface area (Å²) in [5, 5.41) is 4.29. The molecule has 8 heteroatoms. The zero-order chi connectivity index (χ0) is 20.6. The average Bonchev–Trinajstić information content (AvgIpc) is 3.20. The van der Waals surface area contributed by atoms with Gasteiger partial charge in [-0.3, -0.25) is 4.79 Å². The first-order chi connectivity index (χ1) is 13.9. The average molecular weight is 431 g/mol. The Labute approximate surface area is 172 Å². The molecule has 3 aromatic rings. The molecule has 1 aliphatic heterocycles. The van der Waals surface area contributed by atoms with E-state index >= 15 is 0 Å². The highest BCUT2D eigenvalue weighted by Gasteiger charge is 2.32. The van der Waals surface area contributed by atoms with Crippen LogP contribution in [0.4, 0.5) is 10.1 Å². The lowest BCUT2D eigenvalue weighted by Crippen LogP contribution is -2.36.